The molecule has 1 N–H and O–H groups in total. The molecule has 0 aromatic heterocycles. The highest BCUT2D eigenvalue weighted by atomic mass is 16.5. The lowest BCUT2D eigenvalue weighted by Gasteiger charge is -2.75. The van der Waals surface area contributed by atoms with Gasteiger partial charge < -0.3 is 9.84 Å². The maximum absolute atomic E-state index is 13.0. The molecule has 0 aromatic rings. The van der Waals surface area contributed by atoms with Crippen LogP contribution in [0.3, 0.4) is 0 Å². The van der Waals surface area contributed by atoms with Crippen LogP contribution in [-0.4, -0.2) is 29.6 Å². The molecular weight excluding hydrogens is 424 g/mol. The van der Waals surface area contributed by atoms with Crippen molar-refractivity contribution in [1.29, 1.82) is 0 Å². The van der Waals surface area contributed by atoms with Gasteiger partial charge in [0.15, 0.2) is 0 Å². The first kappa shape index (κ1) is 23.5. The van der Waals surface area contributed by atoms with Crippen molar-refractivity contribution in [2.75, 3.05) is 6.61 Å². The van der Waals surface area contributed by atoms with E-state index < -0.39 is 11.5 Å². The molecular formula is C30H46O4. The SMILES string of the molecule is C[C@H]1C(=O)CC[C@H]2[C@]3(C)CC[C@@]4(C)[C@@H]5C[C@]6(C)CC[C@]5(COC6=O)[C@H](O)C[C@]4(C)[C@@H]3CC[C@@]21C. The summed E-state index contributed by atoms with van der Waals surface area (Å²) in [6.07, 6.45) is 9.47. The Morgan fingerprint density at radius 3 is 2.26 bits per heavy atom. The Labute approximate surface area is 206 Å². The van der Waals surface area contributed by atoms with Crippen LogP contribution in [0.15, 0.2) is 0 Å². The van der Waals surface area contributed by atoms with E-state index in [0.29, 0.717) is 30.1 Å². The van der Waals surface area contributed by atoms with Crippen LogP contribution in [0.1, 0.15) is 106 Å². The minimum absolute atomic E-state index is 0.0330. The van der Waals surface area contributed by atoms with Crippen LogP contribution in [0.25, 0.3) is 0 Å². The summed E-state index contributed by atoms with van der Waals surface area (Å²) >= 11 is 0. The van der Waals surface area contributed by atoms with Gasteiger partial charge in [-0.1, -0.05) is 34.6 Å². The second-order valence-electron chi connectivity index (χ2n) is 15.1. The van der Waals surface area contributed by atoms with Crippen LogP contribution >= 0.6 is 0 Å². The van der Waals surface area contributed by atoms with Gasteiger partial charge in [-0.3, -0.25) is 9.59 Å². The molecule has 0 radical (unpaired) electrons. The van der Waals surface area contributed by atoms with Crippen molar-refractivity contribution in [1.82, 2.24) is 0 Å². The summed E-state index contributed by atoms with van der Waals surface area (Å²) in [4.78, 5) is 25.7. The zero-order valence-corrected chi connectivity index (χ0v) is 22.3. The summed E-state index contributed by atoms with van der Waals surface area (Å²) in [6, 6.07) is 0. The molecule has 2 heterocycles. The Hall–Kier alpha value is -0.900. The molecule has 2 saturated heterocycles. The summed E-state index contributed by atoms with van der Waals surface area (Å²) in [5, 5.41) is 11.9. The van der Waals surface area contributed by atoms with E-state index in [0.717, 1.165) is 57.8 Å². The normalized spacial score (nSPS) is 60.9. The molecule has 4 heteroatoms. The molecule has 2 bridgehead atoms. The second-order valence-corrected chi connectivity index (χ2v) is 15.1. The number of Topliss-reactive ketones (excluding diaryl/α,β-unsaturated/α-hetero) is 1. The van der Waals surface area contributed by atoms with Gasteiger partial charge in [-0.15, -0.1) is 0 Å². The number of esters is 1. The minimum atomic E-state index is -0.409. The van der Waals surface area contributed by atoms with Crippen LogP contribution in [-0.2, 0) is 14.3 Å². The number of carbonyl (C=O) groups is 2. The van der Waals surface area contributed by atoms with E-state index in [-0.39, 0.29) is 39.0 Å². The van der Waals surface area contributed by atoms with Crippen LogP contribution < -0.4 is 0 Å². The molecule has 0 unspecified atom stereocenters. The van der Waals surface area contributed by atoms with E-state index in [1.165, 1.54) is 6.42 Å². The maximum atomic E-state index is 13.0. The number of ketones is 1. The third kappa shape index (κ3) is 2.46. The zero-order valence-electron chi connectivity index (χ0n) is 22.3. The molecule has 34 heavy (non-hydrogen) atoms. The molecule has 7 aliphatic rings. The first-order chi connectivity index (χ1) is 15.8. The fraction of sp³-hybridized carbons (Fsp3) is 0.933. The highest BCUT2D eigenvalue weighted by molar-refractivity contribution is 5.82. The maximum Gasteiger partial charge on any atom is 0.311 e. The third-order valence-corrected chi connectivity index (χ3v) is 14.3. The summed E-state index contributed by atoms with van der Waals surface area (Å²) in [5.74, 6) is 2.04. The Morgan fingerprint density at radius 2 is 1.53 bits per heavy atom. The number of hydrogen-bond donors (Lipinski definition) is 1. The van der Waals surface area contributed by atoms with Crippen LogP contribution in [0.5, 0.6) is 0 Å². The van der Waals surface area contributed by atoms with Gasteiger partial charge in [0, 0.05) is 17.8 Å². The smallest absolute Gasteiger partial charge is 0.311 e. The highest BCUT2D eigenvalue weighted by Gasteiger charge is 2.74. The van der Waals surface area contributed by atoms with Gasteiger partial charge >= 0.3 is 5.97 Å². The van der Waals surface area contributed by atoms with Crippen molar-refractivity contribution >= 4 is 11.8 Å². The predicted octanol–water partition coefficient (Wildman–Crippen LogP) is 5.94. The van der Waals surface area contributed by atoms with E-state index in [2.05, 4.69) is 41.5 Å². The Balaban J connectivity index is 1.44. The van der Waals surface area contributed by atoms with Gasteiger partial charge in [0.2, 0.25) is 0 Å². The fourth-order valence-corrected chi connectivity index (χ4v) is 11.7. The Bertz CT molecular complexity index is 944. The van der Waals surface area contributed by atoms with Crippen molar-refractivity contribution in [3.63, 3.8) is 0 Å². The first-order valence-electron chi connectivity index (χ1n) is 14.1. The molecule has 0 aromatic carbocycles. The first-order valence-corrected chi connectivity index (χ1v) is 14.1. The average molecular weight is 471 g/mol. The molecule has 1 spiro atoms. The summed E-state index contributed by atoms with van der Waals surface area (Å²) in [6.45, 7) is 14.7. The summed E-state index contributed by atoms with van der Waals surface area (Å²) in [7, 11) is 0. The lowest BCUT2D eigenvalue weighted by Crippen LogP contribution is -2.71. The number of hydrogen-bond acceptors (Lipinski definition) is 4. The van der Waals surface area contributed by atoms with Crippen molar-refractivity contribution in [3.8, 4) is 0 Å². The molecule has 4 nitrogen and oxygen atoms in total. The molecule has 190 valence electrons. The number of carbonyl (C=O) groups excluding carboxylic acids is 2. The third-order valence-electron chi connectivity index (χ3n) is 14.3. The molecule has 7 fully saturated rings. The number of ether oxygens (including phenoxy) is 1. The Kier molecular flexibility index (Phi) is 4.63. The minimum Gasteiger partial charge on any atom is -0.465 e. The lowest BCUT2D eigenvalue weighted by molar-refractivity contribution is -0.282. The van der Waals surface area contributed by atoms with E-state index in [9.17, 15) is 14.7 Å². The van der Waals surface area contributed by atoms with Crippen molar-refractivity contribution in [2.24, 2.45) is 56.2 Å². The monoisotopic (exact) mass is 470 g/mol. The number of aliphatic hydroxyl groups is 1. The second kappa shape index (κ2) is 6.69. The lowest BCUT2D eigenvalue weighted by atomic mass is 9.29. The van der Waals surface area contributed by atoms with Gasteiger partial charge in [-0.25, -0.2) is 0 Å². The van der Waals surface area contributed by atoms with Gasteiger partial charge in [-0.05, 0) is 104 Å². The van der Waals surface area contributed by atoms with Gasteiger partial charge in [0.1, 0.15) is 5.78 Å². The summed E-state index contributed by atoms with van der Waals surface area (Å²) in [5.41, 5.74) is -0.241. The van der Waals surface area contributed by atoms with E-state index >= 15 is 0 Å². The van der Waals surface area contributed by atoms with Crippen LogP contribution in [0, 0.1) is 56.2 Å². The quantitative estimate of drug-likeness (QED) is 0.445. The fourth-order valence-electron chi connectivity index (χ4n) is 11.7. The van der Waals surface area contributed by atoms with Gasteiger partial charge in [0.05, 0.1) is 18.1 Å². The Morgan fingerprint density at radius 1 is 0.794 bits per heavy atom. The number of rotatable bonds is 0. The standard InChI is InChI=1S/C30H46O4/c1-18-19(31)7-8-20-26(18,3)10-9-21-27(20,4)12-13-28(5)22-15-25(2)11-14-30(22,17-34-24(25)33)23(32)16-29(21,28)6/h18,20-23,32H,7-17H2,1-6H3/t18-,20+,21+,22-,23+,25-,26+,27-,28-,29+,30+/m0/s1. The molecule has 7 rings (SSSR count). The van der Waals surface area contributed by atoms with Crippen molar-refractivity contribution in [3.05, 3.63) is 0 Å². The average Bonchev–Trinajstić information content (AvgIpc) is 2.98. The van der Waals surface area contributed by atoms with Gasteiger partial charge in [-0.2, -0.15) is 0 Å². The molecule has 0 amide bonds. The topological polar surface area (TPSA) is 63.6 Å². The highest BCUT2D eigenvalue weighted by Crippen LogP contribution is 2.78. The van der Waals surface area contributed by atoms with Crippen LogP contribution in [0.2, 0.25) is 0 Å². The van der Waals surface area contributed by atoms with E-state index in [4.69, 9.17) is 4.74 Å². The van der Waals surface area contributed by atoms with E-state index in [1.54, 1.807) is 0 Å². The molecule has 5 aliphatic carbocycles. The zero-order chi connectivity index (χ0) is 24.5. The largest absolute Gasteiger partial charge is 0.465 e. The van der Waals surface area contributed by atoms with Gasteiger partial charge in [0.25, 0.3) is 0 Å². The van der Waals surface area contributed by atoms with Crippen molar-refractivity contribution in [2.45, 2.75) is 112 Å². The number of aliphatic hydroxyl groups excluding tert-OH is 1. The van der Waals surface area contributed by atoms with E-state index in [1.807, 2.05) is 0 Å². The van der Waals surface area contributed by atoms with Crippen LogP contribution in [0.4, 0.5) is 0 Å². The molecule has 2 aliphatic heterocycles. The van der Waals surface area contributed by atoms with Crippen molar-refractivity contribution < 1.29 is 19.4 Å². The summed E-state index contributed by atoms with van der Waals surface area (Å²) < 4.78 is 5.88. The number of fused-ring (bicyclic) bond motifs is 8. The molecule has 5 saturated carbocycles. The molecule has 11 atom stereocenters. The predicted molar refractivity (Wildman–Crippen MR) is 131 cm³/mol.